The molecule has 124 valence electrons. The van der Waals surface area contributed by atoms with E-state index in [2.05, 4.69) is 34.8 Å². The van der Waals surface area contributed by atoms with E-state index in [9.17, 15) is 0 Å². The van der Waals surface area contributed by atoms with Crippen molar-refractivity contribution in [1.82, 2.24) is 14.9 Å². The lowest BCUT2D eigenvalue weighted by molar-refractivity contribution is 0.0965. The molecule has 2 fully saturated rings. The molecule has 4 nitrogen and oxygen atoms in total. The van der Waals surface area contributed by atoms with Crippen LogP contribution in [0.1, 0.15) is 56.9 Å². The molecule has 0 radical (unpaired) electrons. The Bertz CT molecular complexity index is 674. The summed E-state index contributed by atoms with van der Waals surface area (Å²) in [6.45, 7) is 7.84. The molecule has 0 saturated carbocycles. The van der Waals surface area contributed by atoms with Gasteiger partial charge in [-0.25, -0.2) is 4.98 Å². The molecule has 2 aliphatic heterocycles. The molecule has 4 rings (SSSR count). The fraction of sp³-hybridized carbons (Fsp3) is 0.632. The molecule has 3 atom stereocenters. The lowest BCUT2D eigenvalue weighted by atomic mass is 9.91. The highest BCUT2D eigenvalue weighted by Crippen LogP contribution is 2.35. The van der Waals surface area contributed by atoms with Gasteiger partial charge in [-0.2, -0.15) is 0 Å². The van der Waals surface area contributed by atoms with Crippen LogP contribution in [0.3, 0.4) is 0 Å². The average Bonchev–Trinajstić information content (AvgIpc) is 3.20. The number of ether oxygens (including phenoxy) is 1. The summed E-state index contributed by atoms with van der Waals surface area (Å²) < 4.78 is 5.97. The summed E-state index contributed by atoms with van der Waals surface area (Å²) >= 11 is 0. The molecule has 4 heterocycles. The topological polar surface area (TPSA) is 41.1 Å². The third-order valence-corrected chi connectivity index (χ3v) is 5.83. The fourth-order valence-corrected chi connectivity index (χ4v) is 4.19. The highest BCUT2D eigenvalue weighted by atomic mass is 16.5. The van der Waals surface area contributed by atoms with Gasteiger partial charge in [0.15, 0.2) is 0 Å². The Balaban J connectivity index is 1.70. The van der Waals surface area contributed by atoms with Crippen LogP contribution in [0, 0.1) is 5.92 Å². The Kier molecular flexibility index (Phi) is 4.12. The molecular weight excluding hydrogens is 286 g/mol. The molecule has 2 aliphatic rings. The molecule has 1 N–H and O–H groups in total. The van der Waals surface area contributed by atoms with Crippen molar-refractivity contribution < 1.29 is 4.74 Å². The first kappa shape index (κ1) is 15.2. The Morgan fingerprint density at radius 1 is 1.30 bits per heavy atom. The lowest BCUT2D eigenvalue weighted by Gasteiger charge is -2.38. The number of aromatic amines is 1. The second-order valence-corrected chi connectivity index (χ2v) is 7.25. The largest absolute Gasteiger partial charge is 0.372 e. The zero-order chi connectivity index (χ0) is 15.8. The summed E-state index contributed by atoms with van der Waals surface area (Å²) in [7, 11) is 0. The van der Waals surface area contributed by atoms with E-state index in [1.54, 1.807) is 0 Å². The van der Waals surface area contributed by atoms with Gasteiger partial charge in [0.05, 0.1) is 11.8 Å². The Hall–Kier alpha value is -1.39. The third kappa shape index (κ3) is 2.79. The van der Waals surface area contributed by atoms with Gasteiger partial charge in [0.1, 0.15) is 5.65 Å². The van der Waals surface area contributed by atoms with Crippen molar-refractivity contribution in [3.8, 4) is 0 Å². The fourth-order valence-electron chi connectivity index (χ4n) is 4.19. The van der Waals surface area contributed by atoms with Crippen LogP contribution in [-0.2, 0) is 11.3 Å². The minimum atomic E-state index is 0.219. The van der Waals surface area contributed by atoms with Gasteiger partial charge in [-0.1, -0.05) is 6.92 Å². The number of hydrogen-bond acceptors (Lipinski definition) is 3. The van der Waals surface area contributed by atoms with E-state index in [1.165, 1.54) is 36.0 Å². The maximum atomic E-state index is 5.97. The molecule has 23 heavy (non-hydrogen) atoms. The summed E-state index contributed by atoms with van der Waals surface area (Å²) in [5, 5.41) is 1.27. The Morgan fingerprint density at radius 3 is 3.04 bits per heavy atom. The van der Waals surface area contributed by atoms with Crippen LogP contribution in [0.2, 0.25) is 0 Å². The quantitative estimate of drug-likeness (QED) is 0.930. The van der Waals surface area contributed by atoms with E-state index in [4.69, 9.17) is 4.74 Å². The number of aromatic nitrogens is 2. The minimum absolute atomic E-state index is 0.219. The molecule has 0 amide bonds. The van der Waals surface area contributed by atoms with E-state index < -0.39 is 0 Å². The number of likely N-dealkylation sites (tertiary alicyclic amines) is 1. The van der Waals surface area contributed by atoms with Crippen molar-refractivity contribution in [2.24, 2.45) is 5.92 Å². The number of H-pyrrole nitrogens is 1. The smallest absolute Gasteiger partial charge is 0.137 e. The van der Waals surface area contributed by atoms with Gasteiger partial charge >= 0.3 is 0 Å². The second-order valence-electron chi connectivity index (χ2n) is 7.25. The van der Waals surface area contributed by atoms with Crippen LogP contribution >= 0.6 is 0 Å². The van der Waals surface area contributed by atoms with E-state index in [-0.39, 0.29) is 6.10 Å². The molecule has 0 unspecified atom stereocenters. The monoisotopic (exact) mass is 313 g/mol. The Morgan fingerprint density at radius 2 is 2.22 bits per heavy atom. The van der Waals surface area contributed by atoms with Gasteiger partial charge in [-0.15, -0.1) is 0 Å². The molecule has 4 heteroatoms. The first-order chi connectivity index (χ1) is 11.2. The number of fused-ring (bicyclic) bond motifs is 1. The van der Waals surface area contributed by atoms with Gasteiger partial charge in [0.2, 0.25) is 0 Å². The number of pyridine rings is 1. The number of nitrogens with one attached hydrogen (secondary N) is 1. The molecule has 0 aromatic carbocycles. The van der Waals surface area contributed by atoms with Crippen LogP contribution < -0.4 is 0 Å². The SMILES string of the molecule is C[C@@H]1[C@@H](C)CCCN1Cc1c([C@@H]2CCCO2)[nH]c2ncccc12. The number of rotatable bonds is 3. The highest BCUT2D eigenvalue weighted by Gasteiger charge is 2.29. The van der Waals surface area contributed by atoms with Gasteiger partial charge in [0.25, 0.3) is 0 Å². The van der Waals surface area contributed by atoms with Crippen molar-refractivity contribution in [2.75, 3.05) is 13.2 Å². The normalized spacial score (nSPS) is 29.4. The van der Waals surface area contributed by atoms with Gasteiger partial charge in [-0.3, -0.25) is 4.90 Å². The van der Waals surface area contributed by atoms with Crippen LogP contribution in [0.25, 0.3) is 11.0 Å². The van der Waals surface area contributed by atoms with Crippen molar-refractivity contribution >= 4 is 11.0 Å². The predicted octanol–water partition coefficient (Wildman–Crippen LogP) is 4.03. The van der Waals surface area contributed by atoms with Crippen molar-refractivity contribution in [3.05, 3.63) is 29.6 Å². The Labute approximate surface area is 138 Å². The van der Waals surface area contributed by atoms with Crippen LogP contribution in [0.15, 0.2) is 18.3 Å². The molecular formula is C19H27N3O. The molecule has 0 aliphatic carbocycles. The van der Waals surface area contributed by atoms with Gasteiger partial charge in [-0.05, 0) is 62.8 Å². The van der Waals surface area contributed by atoms with Crippen molar-refractivity contribution in [2.45, 2.75) is 58.2 Å². The van der Waals surface area contributed by atoms with E-state index in [1.807, 2.05) is 12.3 Å². The van der Waals surface area contributed by atoms with Crippen molar-refractivity contribution in [3.63, 3.8) is 0 Å². The standard InChI is InChI=1S/C19H27N3O/c1-13-6-4-10-22(14(13)2)12-16-15-7-3-9-20-19(15)21-18(16)17-8-5-11-23-17/h3,7,9,13-14,17H,4-6,8,10-12H2,1-2H3,(H,20,21)/t13-,14+,17-/m0/s1. The average molecular weight is 313 g/mol. The first-order valence-corrected chi connectivity index (χ1v) is 9.05. The minimum Gasteiger partial charge on any atom is -0.372 e. The van der Waals surface area contributed by atoms with E-state index in [0.29, 0.717) is 6.04 Å². The highest BCUT2D eigenvalue weighted by molar-refractivity contribution is 5.81. The molecule has 0 spiro atoms. The zero-order valence-electron chi connectivity index (χ0n) is 14.2. The number of hydrogen-bond donors (Lipinski definition) is 1. The predicted molar refractivity (Wildman–Crippen MR) is 92.3 cm³/mol. The molecule has 2 aromatic heterocycles. The van der Waals surface area contributed by atoms with Gasteiger partial charge in [0, 0.05) is 30.8 Å². The summed E-state index contributed by atoms with van der Waals surface area (Å²) in [6, 6.07) is 4.88. The van der Waals surface area contributed by atoms with Crippen molar-refractivity contribution in [1.29, 1.82) is 0 Å². The lowest BCUT2D eigenvalue weighted by Crippen LogP contribution is -2.41. The molecule has 0 bridgehead atoms. The van der Waals surface area contributed by atoms with Crippen LogP contribution in [0.5, 0.6) is 0 Å². The van der Waals surface area contributed by atoms with E-state index in [0.717, 1.165) is 37.6 Å². The second kappa shape index (κ2) is 6.25. The molecule has 2 aromatic rings. The zero-order valence-corrected chi connectivity index (χ0v) is 14.2. The summed E-state index contributed by atoms with van der Waals surface area (Å²) in [5.74, 6) is 0.776. The van der Waals surface area contributed by atoms with E-state index >= 15 is 0 Å². The molecule has 2 saturated heterocycles. The summed E-state index contributed by atoms with van der Waals surface area (Å²) in [5.41, 5.74) is 3.67. The first-order valence-electron chi connectivity index (χ1n) is 9.05. The summed E-state index contributed by atoms with van der Waals surface area (Å²) in [4.78, 5) is 10.7. The maximum Gasteiger partial charge on any atom is 0.137 e. The van der Waals surface area contributed by atoms with Crippen LogP contribution in [0.4, 0.5) is 0 Å². The van der Waals surface area contributed by atoms with Crippen LogP contribution in [-0.4, -0.2) is 34.1 Å². The summed E-state index contributed by atoms with van der Waals surface area (Å²) in [6.07, 6.45) is 7.02. The maximum absolute atomic E-state index is 5.97. The number of nitrogens with zero attached hydrogens (tertiary/aromatic N) is 2. The third-order valence-electron chi connectivity index (χ3n) is 5.83. The van der Waals surface area contributed by atoms with Gasteiger partial charge < -0.3 is 9.72 Å². The number of piperidine rings is 1.